The number of carbonyl (C=O) groups excluding carboxylic acids is 2. The average Bonchev–Trinajstić information content (AvgIpc) is 2.47. The molecule has 0 aliphatic rings. The Morgan fingerprint density at radius 1 is 1.04 bits per heavy atom. The molecular weight excluding hydrogens is 288 g/mol. The second-order valence-corrected chi connectivity index (χ2v) is 5.91. The number of allylic oxidation sites excluding steroid dienone is 3. The van der Waals surface area contributed by atoms with Gasteiger partial charge in [-0.3, -0.25) is 9.59 Å². The number of amides is 2. The van der Waals surface area contributed by atoms with Crippen molar-refractivity contribution in [3.63, 3.8) is 0 Å². The molecule has 0 fully saturated rings. The van der Waals surface area contributed by atoms with E-state index in [0.29, 0.717) is 12.1 Å². The molecule has 0 heterocycles. The number of carbonyl (C=O) groups is 2. The van der Waals surface area contributed by atoms with Crippen molar-refractivity contribution in [1.82, 2.24) is 0 Å². The molecule has 0 aromatic heterocycles. The van der Waals surface area contributed by atoms with Crippen molar-refractivity contribution in [2.24, 2.45) is 5.73 Å². The van der Waals surface area contributed by atoms with Gasteiger partial charge in [0, 0.05) is 24.7 Å². The summed E-state index contributed by atoms with van der Waals surface area (Å²) >= 11 is 0. The van der Waals surface area contributed by atoms with Crippen LogP contribution in [0.2, 0.25) is 0 Å². The van der Waals surface area contributed by atoms with Gasteiger partial charge in [0.1, 0.15) is 0 Å². The first kappa shape index (κ1) is 18.7. The first-order valence-corrected chi connectivity index (χ1v) is 7.78. The monoisotopic (exact) mass is 314 g/mol. The number of nitrogens with zero attached hydrogens (tertiary/aromatic N) is 1. The maximum atomic E-state index is 11.9. The first-order valence-electron chi connectivity index (χ1n) is 7.78. The number of hydrogen-bond acceptors (Lipinski definition) is 2. The Kier molecular flexibility index (Phi) is 7.26. The van der Waals surface area contributed by atoms with Crippen LogP contribution in [0.1, 0.15) is 50.9 Å². The third kappa shape index (κ3) is 6.51. The molecular formula is C19H26N2O2. The maximum absolute atomic E-state index is 11.9. The van der Waals surface area contributed by atoms with Crippen LogP contribution in [0.25, 0.3) is 0 Å². The molecule has 0 radical (unpaired) electrons. The Balaban J connectivity index is 2.77. The number of hydrogen-bond donors (Lipinski definition) is 1. The zero-order valence-corrected chi connectivity index (χ0v) is 14.4. The second kappa shape index (κ2) is 8.93. The fourth-order valence-electron chi connectivity index (χ4n) is 2.16. The Morgan fingerprint density at radius 3 is 2.13 bits per heavy atom. The molecule has 1 aromatic carbocycles. The van der Waals surface area contributed by atoms with Gasteiger partial charge in [-0.15, -0.1) is 0 Å². The lowest BCUT2D eigenvalue weighted by atomic mass is 10.1. The molecule has 0 aliphatic carbocycles. The van der Waals surface area contributed by atoms with Gasteiger partial charge in [0.25, 0.3) is 0 Å². The summed E-state index contributed by atoms with van der Waals surface area (Å²) < 4.78 is 0. The van der Waals surface area contributed by atoms with E-state index in [2.05, 4.69) is 32.9 Å². The molecule has 23 heavy (non-hydrogen) atoms. The van der Waals surface area contributed by atoms with Crippen molar-refractivity contribution in [2.75, 3.05) is 11.4 Å². The highest BCUT2D eigenvalue weighted by molar-refractivity contribution is 5.95. The number of anilines is 1. The lowest BCUT2D eigenvalue weighted by Gasteiger charge is -2.20. The minimum absolute atomic E-state index is 0.0369. The van der Waals surface area contributed by atoms with Gasteiger partial charge in [0.05, 0.1) is 0 Å². The van der Waals surface area contributed by atoms with Crippen molar-refractivity contribution >= 4 is 17.5 Å². The molecule has 0 spiro atoms. The number of rotatable bonds is 7. The fourth-order valence-corrected chi connectivity index (χ4v) is 2.16. The summed E-state index contributed by atoms with van der Waals surface area (Å²) in [4.78, 5) is 24.7. The smallest absolute Gasteiger partial charge is 0.248 e. The SMILES string of the molecule is CC(=O)N(CC=C(C)CCC=C(C)C)c1ccc(C(N)=O)cc1. The highest BCUT2D eigenvalue weighted by Crippen LogP contribution is 2.16. The lowest BCUT2D eigenvalue weighted by Crippen LogP contribution is -2.28. The van der Waals surface area contributed by atoms with Crippen LogP contribution < -0.4 is 10.6 Å². The van der Waals surface area contributed by atoms with Crippen LogP contribution in [-0.4, -0.2) is 18.4 Å². The molecule has 0 bridgehead atoms. The van der Waals surface area contributed by atoms with E-state index in [9.17, 15) is 9.59 Å². The Bertz CT molecular complexity index is 609. The third-order valence-electron chi connectivity index (χ3n) is 3.56. The minimum Gasteiger partial charge on any atom is -0.366 e. The van der Waals surface area contributed by atoms with E-state index in [0.717, 1.165) is 18.5 Å². The van der Waals surface area contributed by atoms with Crippen molar-refractivity contribution in [1.29, 1.82) is 0 Å². The first-order chi connectivity index (χ1) is 10.8. The van der Waals surface area contributed by atoms with Crippen molar-refractivity contribution in [3.8, 4) is 0 Å². The van der Waals surface area contributed by atoms with Crippen LogP contribution in [0.4, 0.5) is 5.69 Å². The molecule has 0 atom stereocenters. The summed E-state index contributed by atoms with van der Waals surface area (Å²) in [5.41, 5.74) is 9.00. The van der Waals surface area contributed by atoms with Gasteiger partial charge in [-0.1, -0.05) is 23.3 Å². The van der Waals surface area contributed by atoms with Gasteiger partial charge in [-0.2, -0.15) is 0 Å². The van der Waals surface area contributed by atoms with Crippen LogP contribution in [-0.2, 0) is 4.79 Å². The van der Waals surface area contributed by atoms with E-state index in [-0.39, 0.29) is 5.91 Å². The van der Waals surface area contributed by atoms with Gasteiger partial charge in [0.15, 0.2) is 0 Å². The lowest BCUT2D eigenvalue weighted by molar-refractivity contribution is -0.116. The summed E-state index contributed by atoms with van der Waals surface area (Å²) in [5.74, 6) is -0.508. The van der Waals surface area contributed by atoms with E-state index in [1.54, 1.807) is 29.2 Å². The minimum atomic E-state index is -0.471. The highest BCUT2D eigenvalue weighted by atomic mass is 16.2. The number of nitrogens with two attached hydrogens (primary N) is 1. The van der Waals surface area contributed by atoms with Gasteiger partial charge >= 0.3 is 0 Å². The van der Waals surface area contributed by atoms with Gasteiger partial charge < -0.3 is 10.6 Å². The van der Waals surface area contributed by atoms with Crippen LogP contribution in [0.5, 0.6) is 0 Å². The molecule has 1 rings (SSSR count). The normalized spacial score (nSPS) is 11.0. The molecule has 4 nitrogen and oxygen atoms in total. The van der Waals surface area contributed by atoms with E-state index < -0.39 is 5.91 Å². The topological polar surface area (TPSA) is 63.4 Å². The fraction of sp³-hybridized carbons (Fsp3) is 0.368. The zero-order valence-electron chi connectivity index (χ0n) is 14.4. The van der Waals surface area contributed by atoms with Crippen LogP contribution in [0.15, 0.2) is 47.6 Å². The maximum Gasteiger partial charge on any atom is 0.248 e. The van der Waals surface area contributed by atoms with Gasteiger partial charge in [0.2, 0.25) is 11.8 Å². The molecule has 2 amide bonds. The largest absolute Gasteiger partial charge is 0.366 e. The van der Waals surface area contributed by atoms with Crippen LogP contribution in [0, 0.1) is 0 Å². The standard InChI is InChI=1S/C19H26N2O2/c1-14(2)6-5-7-15(3)12-13-21(16(4)22)18-10-8-17(9-11-18)19(20)23/h6,8-12H,5,7,13H2,1-4H3,(H2,20,23). The van der Waals surface area contributed by atoms with Gasteiger partial charge in [-0.25, -0.2) is 0 Å². The van der Waals surface area contributed by atoms with Crippen molar-refractivity contribution in [2.45, 2.75) is 40.5 Å². The highest BCUT2D eigenvalue weighted by Gasteiger charge is 2.10. The summed E-state index contributed by atoms with van der Waals surface area (Å²) in [6.07, 6.45) is 6.28. The Morgan fingerprint density at radius 2 is 1.65 bits per heavy atom. The van der Waals surface area contributed by atoms with Crippen molar-refractivity contribution in [3.05, 3.63) is 53.1 Å². The number of benzene rings is 1. The molecule has 0 saturated heterocycles. The average molecular weight is 314 g/mol. The summed E-state index contributed by atoms with van der Waals surface area (Å²) in [7, 11) is 0. The predicted octanol–water partition coefficient (Wildman–Crippen LogP) is 3.83. The molecule has 4 heteroatoms. The summed E-state index contributed by atoms with van der Waals surface area (Å²) in [5, 5.41) is 0. The molecule has 2 N–H and O–H groups in total. The van der Waals surface area contributed by atoms with Crippen LogP contribution >= 0.6 is 0 Å². The molecule has 1 aromatic rings. The van der Waals surface area contributed by atoms with E-state index in [1.807, 2.05) is 0 Å². The molecule has 124 valence electrons. The Labute approximate surface area is 138 Å². The van der Waals surface area contributed by atoms with E-state index >= 15 is 0 Å². The van der Waals surface area contributed by atoms with Gasteiger partial charge in [-0.05, 0) is 57.9 Å². The molecule has 0 saturated carbocycles. The van der Waals surface area contributed by atoms with Crippen molar-refractivity contribution < 1.29 is 9.59 Å². The summed E-state index contributed by atoms with van der Waals surface area (Å²) in [6.45, 7) is 8.31. The quantitative estimate of drug-likeness (QED) is 0.777. The third-order valence-corrected chi connectivity index (χ3v) is 3.56. The predicted molar refractivity (Wildman–Crippen MR) is 95.4 cm³/mol. The van der Waals surface area contributed by atoms with Crippen LogP contribution in [0.3, 0.4) is 0 Å². The molecule has 0 aliphatic heterocycles. The van der Waals surface area contributed by atoms with E-state index in [1.165, 1.54) is 18.1 Å². The summed E-state index contributed by atoms with van der Waals surface area (Å²) in [6, 6.07) is 6.76. The molecule has 0 unspecified atom stereocenters. The Hall–Kier alpha value is -2.36. The number of primary amides is 1. The van der Waals surface area contributed by atoms with E-state index in [4.69, 9.17) is 5.73 Å². The second-order valence-electron chi connectivity index (χ2n) is 5.91. The zero-order chi connectivity index (χ0) is 17.4.